The van der Waals surface area contributed by atoms with Crippen molar-refractivity contribution in [2.24, 2.45) is 5.92 Å². The first-order valence-corrected chi connectivity index (χ1v) is 9.61. The number of hydrogen-bond acceptors (Lipinski definition) is 3. The predicted octanol–water partition coefficient (Wildman–Crippen LogP) is 4.37. The molecule has 0 radical (unpaired) electrons. The lowest BCUT2D eigenvalue weighted by atomic mass is 10.0. The molecule has 3 rings (SSSR count). The Labute approximate surface area is 164 Å². The Morgan fingerprint density at radius 1 is 1.26 bits per heavy atom. The van der Waals surface area contributed by atoms with Crippen LogP contribution in [0.1, 0.15) is 53.1 Å². The Hall–Kier alpha value is -2.40. The number of rotatable bonds is 6. The normalized spacial score (nSPS) is 11.3. The van der Waals surface area contributed by atoms with Gasteiger partial charge in [-0.2, -0.15) is 5.10 Å². The van der Waals surface area contributed by atoms with Crippen molar-refractivity contribution in [1.29, 1.82) is 0 Å². The number of halogens is 1. The van der Waals surface area contributed by atoms with Crippen molar-refractivity contribution < 1.29 is 4.79 Å². The van der Waals surface area contributed by atoms with Crippen LogP contribution in [-0.4, -0.2) is 27.0 Å². The first-order valence-electron chi connectivity index (χ1n) is 9.24. The first kappa shape index (κ1) is 19.4. The van der Waals surface area contributed by atoms with Crippen LogP contribution in [0.15, 0.2) is 30.5 Å². The van der Waals surface area contributed by atoms with E-state index in [9.17, 15) is 4.79 Å². The molecule has 0 saturated heterocycles. The third-order valence-corrected chi connectivity index (χ3v) is 5.15. The van der Waals surface area contributed by atoms with Crippen molar-refractivity contribution >= 4 is 23.2 Å². The largest absolute Gasteiger partial charge is 0.352 e. The summed E-state index contributed by atoms with van der Waals surface area (Å²) in [7, 11) is 0. The maximum absolute atomic E-state index is 12.5. The quantitative estimate of drug-likeness (QED) is 0.686. The van der Waals surface area contributed by atoms with E-state index in [0.717, 1.165) is 34.0 Å². The highest BCUT2D eigenvalue weighted by molar-refractivity contribution is 6.31. The molecule has 142 valence electrons. The standard InChI is InChI=1S/C21H25ClN4O/c1-13(2)9-10-23-21(27)18-12-24-26-15(4)17(14(3)25-20(18)26)11-16-7-5-6-8-19(16)22/h5-8,12-13H,9-11H2,1-4H3,(H,23,27). The van der Waals surface area contributed by atoms with Crippen LogP contribution in [-0.2, 0) is 6.42 Å². The van der Waals surface area contributed by atoms with Gasteiger partial charge in [-0.1, -0.05) is 43.6 Å². The maximum Gasteiger partial charge on any atom is 0.256 e. The molecule has 2 aromatic heterocycles. The van der Waals surface area contributed by atoms with E-state index in [1.54, 1.807) is 10.7 Å². The molecule has 0 bridgehead atoms. The van der Waals surface area contributed by atoms with E-state index in [-0.39, 0.29) is 5.91 Å². The number of amides is 1. The van der Waals surface area contributed by atoms with E-state index >= 15 is 0 Å². The Bertz CT molecular complexity index is 978. The van der Waals surface area contributed by atoms with Gasteiger partial charge in [-0.15, -0.1) is 0 Å². The summed E-state index contributed by atoms with van der Waals surface area (Å²) in [6, 6.07) is 7.80. The van der Waals surface area contributed by atoms with Crippen LogP contribution >= 0.6 is 11.6 Å². The molecule has 1 amide bonds. The third kappa shape index (κ3) is 4.14. The Morgan fingerprint density at radius 3 is 2.70 bits per heavy atom. The second kappa shape index (κ2) is 8.09. The van der Waals surface area contributed by atoms with Crippen LogP contribution < -0.4 is 5.32 Å². The van der Waals surface area contributed by atoms with Gasteiger partial charge in [0, 0.05) is 29.4 Å². The number of nitrogens with zero attached hydrogens (tertiary/aromatic N) is 3. The molecule has 0 aliphatic rings. The summed E-state index contributed by atoms with van der Waals surface area (Å²) in [5.74, 6) is 0.417. The highest BCUT2D eigenvalue weighted by Crippen LogP contribution is 2.24. The smallest absolute Gasteiger partial charge is 0.256 e. The van der Waals surface area contributed by atoms with Gasteiger partial charge < -0.3 is 5.32 Å². The van der Waals surface area contributed by atoms with Gasteiger partial charge in [-0.3, -0.25) is 4.79 Å². The van der Waals surface area contributed by atoms with Crippen LogP contribution in [0.25, 0.3) is 5.65 Å². The molecule has 0 atom stereocenters. The fourth-order valence-corrected chi connectivity index (χ4v) is 3.33. The van der Waals surface area contributed by atoms with Gasteiger partial charge in [-0.05, 0) is 43.4 Å². The summed E-state index contributed by atoms with van der Waals surface area (Å²) >= 11 is 6.32. The topological polar surface area (TPSA) is 59.3 Å². The van der Waals surface area contributed by atoms with E-state index in [0.29, 0.717) is 30.1 Å². The molecule has 0 fully saturated rings. The van der Waals surface area contributed by atoms with Crippen molar-refractivity contribution in [1.82, 2.24) is 19.9 Å². The second-order valence-electron chi connectivity index (χ2n) is 7.26. The van der Waals surface area contributed by atoms with Gasteiger partial charge in [0.2, 0.25) is 0 Å². The minimum atomic E-state index is -0.129. The van der Waals surface area contributed by atoms with E-state index in [1.807, 2.05) is 38.1 Å². The van der Waals surface area contributed by atoms with Crippen LogP contribution in [0.5, 0.6) is 0 Å². The number of carbonyl (C=O) groups is 1. The molecule has 27 heavy (non-hydrogen) atoms. The van der Waals surface area contributed by atoms with Gasteiger partial charge >= 0.3 is 0 Å². The molecule has 0 aliphatic heterocycles. The van der Waals surface area contributed by atoms with Crippen molar-refractivity contribution in [2.75, 3.05) is 6.54 Å². The second-order valence-corrected chi connectivity index (χ2v) is 7.67. The fourth-order valence-electron chi connectivity index (χ4n) is 3.13. The molecule has 0 aliphatic carbocycles. The molecular formula is C21H25ClN4O. The molecule has 0 unspecified atom stereocenters. The van der Waals surface area contributed by atoms with Crippen LogP contribution in [0.3, 0.4) is 0 Å². The van der Waals surface area contributed by atoms with Crippen LogP contribution in [0, 0.1) is 19.8 Å². The molecule has 3 aromatic rings. The van der Waals surface area contributed by atoms with Gasteiger partial charge in [0.1, 0.15) is 5.56 Å². The molecule has 0 saturated carbocycles. The van der Waals surface area contributed by atoms with E-state index < -0.39 is 0 Å². The zero-order valence-corrected chi connectivity index (χ0v) is 17.0. The Kier molecular flexibility index (Phi) is 5.80. The van der Waals surface area contributed by atoms with Gasteiger partial charge in [0.25, 0.3) is 5.91 Å². The average Bonchev–Trinajstić information content (AvgIpc) is 3.03. The summed E-state index contributed by atoms with van der Waals surface area (Å²) in [6.07, 6.45) is 3.22. The molecule has 5 nitrogen and oxygen atoms in total. The molecular weight excluding hydrogens is 360 g/mol. The SMILES string of the molecule is Cc1nc2c(C(=O)NCCC(C)C)cnn2c(C)c1Cc1ccccc1Cl. The molecule has 2 heterocycles. The number of nitrogens with one attached hydrogen (secondary N) is 1. The predicted molar refractivity (Wildman–Crippen MR) is 109 cm³/mol. The zero-order chi connectivity index (χ0) is 19.6. The number of aryl methyl sites for hydroxylation is 2. The van der Waals surface area contributed by atoms with E-state index in [1.165, 1.54) is 0 Å². The van der Waals surface area contributed by atoms with Crippen molar-refractivity contribution in [2.45, 2.75) is 40.5 Å². The maximum atomic E-state index is 12.5. The molecule has 1 N–H and O–H groups in total. The van der Waals surface area contributed by atoms with Gasteiger partial charge in [0.15, 0.2) is 5.65 Å². The summed E-state index contributed by atoms with van der Waals surface area (Å²) in [4.78, 5) is 17.2. The van der Waals surface area contributed by atoms with Crippen molar-refractivity contribution in [3.63, 3.8) is 0 Å². The lowest BCUT2D eigenvalue weighted by molar-refractivity contribution is 0.0953. The summed E-state index contributed by atoms with van der Waals surface area (Å²) < 4.78 is 1.75. The molecule has 1 aromatic carbocycles. The highest BCUT2D eigenvalue weighted by Gasteiger charge is 2.18. The number of aromatic nitrogens is 3. The number of benzene rings is 1. The van der Waals surface area contributed by atoms with Crippen LogP contribution in [0.2, 0.25) is 5.02 Å². The van der Waals surface area contributed by atoms with E-state index in [4.69, 9.17) is 11.6 Å². The monoisotopic (exact) mass is 384 g/mol. The Morgan fingerprint density at radius 2 is 2.00 bits per heavy atom. The number of fused-ring (bicyclic) bond motifs is 1. The first-order chi connectivity index (χ1) is 12.9. The summed E-state index contributed by atoms with van der Waals surface area (Å²) in [5.41, 5.74) is 5.08. The van der Waals surface area contributed by atoms with Crippen molar-refractivity contribution in [3.8, 4) is 0 Å². The minimum absolute atomic E-state index is 0.129. The summed E-state index contributed by atoms with van der Waals surface area (Å²) in [6.45, 7) is 8.89. The van der Waals surface area contributed by atoms with Crippen LogP contribution in [0.4, 0.5) is 0 Å². The lowest BCUT2D eigenvalue weighted by Crippen LogP contribution is -2.25. The lowest BCUT2D eigenvalue weighted by Gasteiger charge is -2.12. The highest BCUT2D eigenvalue weighted by atomic mass is 35.5. The zero-order valence-electron chi connectivity index (χ0n) is 16.2. The third-order valence-electron chi connectivity index (χ3n) is 4.79. The van der Waals surface area contributed by atoms with E-state index in [2.05, 4.69) is 29.2 Å². The fraction of sp³-hybridized carbons (Fsp3) is 0.381. The minimum Gasteiger partial charge on any atom is -0.352 e. The number of hydrogen-bond donors (Lipinski definition) is 1. The summed E-state index contributed by atoms with van der Waals surface area (Å²) in [5, 5.41) is 8.11. The van der Waals surface area contributed by atoms with Crippen molar-refractivity contribution in [3.05, 3.63) is 63.6 Å². The van der Waals surface area contributed by atoms with Gasteiger partial charge in [0.05, 0.1) is 6.20 Å². The number of carbonyl (C=O) groups excluding carboxylic acids is 1. The molecule has 6 heteroatoms. The Balaban J connectivity index is 1.92. The van der Waals surface area contributed by atoms with Gasteiger partial charge in [-0.25, -0.2) is 9.50 Å². The molecule has 0 spiro atoms. The average molecular weight is 385 g/mol.